The highest BCUT2D eigenvalue weighted by atomic mass is 16.2. The van der Waals surface area contributed by atoms with Crippen LogP contribution in [0.15, 0.2) is 84.9 Å². The summed E-state index contributed by atoms with van der Waals surface area (Å²) in [5.74, 6) is 0.170. The van der Waals surface area contributed by atoms with Crippen molar-refractivity contribution in [3.63, 3.8) is 0 Å². The van der Waals surface area contributed by atoms with Gasteiger partial charge < -0.3 is 4.90 Å². The third-order valence-corrected chi connectivity index (χ3v) is 6.00. The summed E-state index contributed by atoms with van der Waals surface area (Å²) in [6.45, 7) is 0. The van der Waals surface area contributed by atoms with Gasteiger partial charge >= 0.3 is 0 Å². The van der Waals surface area contributed by atoms with Crippen LogP contribution in [0.2, 0.25) is 0 Å². The molecule has 3 heteroatoms. The quantitative estimate of drug-likeness (QED) is 0.564. The first-order valence-electron chi connectivity index (χ1n) is 10.2. The minimum atomic E-state index is -0.174. The molecular weight excluding hydrogens is 356 g/mol. The van der Waals surface area contributed by atoms with Gasteiger partial charge in [0.1, 0.15) is 0 Å². The fourth-order valence-corrected chi connectivity index (χ4v) is 4.35. The molecule has 4 aromatic carbocycles. The zero-order valence-electron chi connectivity index (χ0n) is 16.5. The minimum Gasteiger partial charge on any atom is -0.329 e. The predicted octanol–water partition coefficient (Wildman–Crippen LogP) is 4.53. The van der Waals surface area contributed by atoms with E-state index in [2.05, 4.69) is 90.2 Å². The van der Waals surface area contributed by atoms with E-state index in [1.165, 1.54) is 32.7 Å². The van der Waals surface area contributed by atoms with E-state index in [-0.39, 0.29) is 18.1 Å². The first-order valence-corrected chi connectivity index (χ1v) is 10.2. The summed E-state index contributed by atoms with van der Waals surface area (Å²) in [5, 5.41) is 8.49. The molecule has 3 nitrogen and oxygen atoms in total. The molecule has 2 atom stereocenters. The monoisotopic (exact) mass is 380 g/mol. The fraction of sp³-hybridized carbons (Fsp3) is 0.192. The number of carbonyl (C=O) groups excluding carboxylic acids is 1. The average Bonchev–Trinajstić information content (AvgIpc) is 3.01. The molecule has 0 radical (unpaired) electrons. The van der Waals surface area contributed by atoms with E-state index in [0.717, 1.165) is 6.42 Å². The minimum absolute atomic E-state index is 0.0223. The molecule has 0 aliphatic carbocycles. The van der Waals surface area contributed by atoms with Crippen LogP contribution in [0.5, 0.6) is 0 Å². The smallest absolute Gasteiger partial charge is 0.241 e. The second-order valence-electron chi connectivity index (χ2n) is 7.96. The molecule has 0 saturated carbocycles. The summed E-state index contributed by atoms with van der Waals surface area (Å²) in [7, 11) is 1.90. The Labute approximate surface area is 171 Å². The van der Waals surface area contributed by atoms with Crippen LogP contribution in [-0.2, 0) is 17.6 Å². The lowest BCUT2D eigenvalue weighted by molar-refractivity contribution is -0.128. The summed E-state index contributed by atoms with van der Waals surface area (Å²) in [6, 6.07) is 29.6. The molecule has 0 aromatic heterocycles. The molecule has 1 N–H and O–H groups in total. The highest BCUT2D eigenvalue weighted by Gasteiger charge is 2.36. The number of fused-ring (bicyclic) bond motifs is 2. The summed E-state index contributed by atoms with van der Waals surface area (Å²) in [5.41, 5.74) is 2.43. The molecule has 1 saturated heterocycles. The normalized spacial score (nSPS) is 19.3. The Bertz CT molecular complexity index is 1200. The van der Waals surface area contributed by atoms with E-state index in [1.54, 1.807) is 0 Å². The van der Waals surface area contributed by atoms with Crippen molar-refractivity contribution in [2.75, 3.05) is 7.05 Å². The molecular formula is C26H24N2O. The third-order valence-electron chi connectivity index (χ3n) is 6.00. The first kappa shape index (κ1) is 17.9. The Morgan fingerprint density at radius 3 is 1.83 bits per heavy atom. The number of likely N-dealkylation sites (N-methyl/N-ethyl adjacent to an activating group) is 1. The van der Waals surface area contributed by atoms with Crippen molar-refractivity contribution >= 4 is 27.5 Å². The predicted molar refractivity (Wildman–Crippen MR) is 119 cm³/mol. The van der Waals surface area contributed by atoms with Crippen molar-refractivity contribution in [2.24, 2.45) is 0 Å². The lowest BCUT2D eigenvalue weighted by Crippen LogP contribution is -2.37. The van der Waals surface area contributed by atoms with E-state index >= 15 is 0 Å². The highest BCUT2D eigenvalue weighted by molar-refractivity contribution is 5.86. The average molecular weight is 380 g/mol. The zero-order valence-corrected chi connectivity index (χ0v) is 16.5. The van der Waals surface area contributed by atoms with E-state index in [0.29, 0.717) is 6.42 Å². The Hall–Kier alpha value is -3.17. The van der Waals surface area contributed by atoms with Crippen molar-refractivity contribution in [3.8, 4) is 0 Å². The standard InChI is InChI=1S/C26H24N2O/c1-28-25(17-19-11-13-21-7-3-5-9-23(21)15-19)27-24(26(28)29)16-18-10-12-20-6-2-4-8-22(20)14-18/h2-15,24-25,27H,16-17H2,1H3/t24-,25+/m0/s1. The zero-order chi connectivity index (χ0) is 19.8. The first-order chi connectivity index (χ1) is 14.2. The van der Waals surface area contributed by atoms with Gasteiger partial charge in [0.05, 0.1) is 12.2 Å². The molecule has 144 valence electrons. The maximum Gasteiger partial charge on any atom is 0.241 e. The lowest BCUT2D eigenvalue weighted by Gasteiger charge is -2.19. The second kappa shape index (κ2) is 7.34. The summed E-state index contributed by atoms with van der Waals surface area (Å²) in [4.78, 5) is 14.7. The summed E-state index contributed by atoms with van der Waals surface area (Å²) < 4.78 is 0. The van der Waals surface area contributed by atoms with Gasteiger partial charge in [0.2, 0.25) is 5.91 Å². The lowest BCUT2D eigenvalue weighted by atomic mass is 10.0. The van der Waals surface area contributed by atoms with Crippen LogP contribution in [-0.4, -0.2) is 30.1 Å². The van der Waals surface area contributed by atoms with E-state index in [9.17, 15) is 4.79 Å². The molecule has 1 heterocycles. The van der Waals surface area contributed by atoms with Crippen LogP contribution in [0, 0.1) is 0 Å². The molecule has 5 rings (SSSR count). The van der Waals surface area contributed by atoms with Gasteiger partial charge in [-0.25, -0.2) is 0 Å². The number of amides is 1. The summed E-state index contributed by atoms with van der Waals surface area (Å²) in [6.07, 6.45) is 1.54. The Balaban J connectivity index is 1.33. The Morgan fingerprint density at radius 2 is 1.24 bits per heavy atom. The molecule has 1 aliphatic heterocycles. The second-order valence-corrected chi connectivity index (χ2v) is 7.96. The van der Waals surface area contributed by atoms with Crippen LogP contribution in [0.4, 0.5) is 0 Å². The van der Waals surface area contributed by atoms with Crippen LogP contribution in [0.25, 0.3) is 21.5 Å². The Kier molecular flexibility index (Phi) is 4.53. The molecule has 29 heavy (non-hydrogen) atoms. The molecule has 0 spiro atoms. The highest BCUT2D eigenvalue weighted by Crippen LogP contribution is 2.22. The fourth-order valence-electron chi connectivity index (χ4n) is 4.35. The van der Waals surface area contributed by atoms with Gasteiger partial charge in [-0.2, -0.15) is 0 Å². The van der Waals surface area contributed by atoms with Crippen molar-refractivity contribution in [3.05, 3.63) is 96.1 Å². The van der Waals surface area contributed by atoms with Gasteiger partial charge in [-0.3, -0.25) is 10.1 Å². The van der Waals surface area contributed by atoms with E-state index < -0.39 is 0 Å². The van der Waals surface area contributed by atoms with Gasteiger partial charge in [-0.1, -0.05) is 84.9 Å². The van der Waals surface area contributed by atoms with E-state index in [1.807, 2.05) is 11.9 Å². The maximum absolute atomic E-state index is 12.8. The van der Waals surface area contributed by atoms with Gasteiger partial charge in [-0.05, 0) is 39.1 Å². The SMILES string of the molecule is CN1C(=O)[C@H](Cc2ccc3ccccc3c2)N[C@H]1Cc1ccc2ccccc2c1. The number of hydrogen-bond donors (Lipinski definition) is 1. The Morgan fingerprint density at radius 1 is 0.724 bits per heavy atom. The number of nitrogens with one attached hydrogen (secondary N) is 1. The molecule has 1 fully saturated rings. The largest absolute Gasteiger partial charge is 0.329 e. The number of rotatable bonds is 4. The van der Waals surface area contributed by atoms with Gasteiger partial charge in [-0.15, -0.1) is 0 Å². The number of hydrogen-bond acceptors (Lipinski definition) is 2. The molecule has 4 aromatic rings. The number of carbonyl (C=O) groups is 1. The van der Waals surface area contributed by atoms with Crippen molar-refractivity contribution in [1.29, 1.82) is 0 Å². The summed E-state index contributed by atoms with van der Waals surface area (Å²) >= 11 is 0. The maximum atomic E-state index is 12.8. The molecule has 0 unspecified atom stereocenters. The van der Waals surface area contributed by atoms with E-state index in [4.69, 9.17) is 0 Å². The van der Waals surface area contributed by atoms with Crippen LogP contribution < -0.4 is 5.32 Å². The van der Waals surface area contributed by atoms with Gasteiger partial charge in [0.15, 0.2) is 0 Å². The third kappa shape index (κ3) is 3.50. The number of benzene rings is 4. The topological polar surface area (TPSA) is 32.3 Å². The molecule has 1 amide bonds. The van der Waals surface area contributed by atoms with Gasteiger partial charge in [0, 0.05) is 13.5 Å². The van der Waals surface area contributed by atoms with Crippen molar-refractivity contribution in [1.82, 2.24) is 10.2 Å². The number of nitrogens with zero attached hydrogens (tertiary/aromatic N) is 1. The van der Waals surface area contributed by atoms with Crippen LogP contribution in [0.1, 0.15) is 11.1 Å². The van der Waals surface area contributed by atoms with Crippen molar-refractivity contribution in [2.45, 2.75) is 25.0 Å². The van der Waals surface area contributed by atoms with Crippen molar-refractivity contribution < 1.29 is 4.79 Å². The van der Waals surface area contributed by atoms with Crippen LogP contribution in [0.3, 0.4) is 0 Å². The van der Waals surface area contributed by atoms with Gasteiger partial charge in [0.25, 0.3) is 0 Å². The molecule has 1 aliphatic rings. The van der Waals surface area contributed by atoms with Crippen LogP contribution >= 0.6 is 0 Å². The molecule has 0 bridgehead atoms.